The average Bonchev–Trinajstić information content (AvgIpc) is 3.10. The van der Waals surface area contributed by atoms with E-state index in [0.29, 0.717) is 35.5 Å². The Labute approximate surface area is 133 Å². The number of anilines is 1. The van der Waals surface area contributed by atoms with Crippen molar-refractivity contribution < 1.29 is 27.5 Å². The number of H-pyrrole nitrogens is 1. The number of carbonyl (C=O) groups excluding carboxylic acids is 2. The summed E-state index contributed by atoms with van der Waals surface area (Å²) in [6.45, 7) is 2.37. The number of aryl methyl sites for hydroxylation is 1. The number of nitrogens with zero attached hydrogens (tertiary/aromatic N) is 2. The van der Waals surface area contributed by atoms with Gasteiger partial charge in [-0.1, -0.05) is 0 Å². The van der Waals surface area contributed by atoms with Gasteiger partial charge in [-0.3, -0.25) is 9.89 Å². The highest BCUT2D eigenvalue weighted by molar-refractivity contribution is 5.96. The molecule has 3 rings (SSSR count). The van der Waals surface area contributed by atoms with Crippen LogP contribution in [0.1, 0.15) is 22.8 Å². The van der Waals surface area contributed by atoms with E-state index in [2.05, 4.69) is 10.2 Å². The highest BCUT2D eigenvalue weighted by Crippen LogP contribution is 2.34. The lowest BCUT2D eigenvalue weighted by Gasteiger charge is -2.16. The van der Waals surface area contributed by atoms with Crippen LogP contribution < -0.4 is 5.32 Å². The standard InChI is InChI=1S/C14H13F3N4O3/c1-2-24-12(22)7-5-9-10-8(3-4-21(9)6-7)11(20-19-10)18-13(23)14(15,16)17/h5-6H,2-4H2,1H3,(H2,18,19,20,23). The molecule has 10 heteroatoms. The average molecular weight is 342 g/mol. The third-order valence-corrected chi connectivity index (χ3v) is 3.62. The molecule has 24 heavy (non-hydrogen) atoms. The van der Waals surface area contributed by atoms with Crippen molar-refractivity contribution in [1.82, 2.24) is 14.8 Å². The number of halogens is 3. The van der Waals surface area contributed by atoms with Gasteiger partial charge in [0.25, 0.3) is 0 Å². The summed E-state index contributed by atoms with van der Waals surface area (Å²) in [4.78, 5) is 22.9. The number of fused-ring (bicyclic) bond motifs is 3. The molecular formula is C14H13F3N4O3. The van der Waals surface area contributed by atoms with Crippen LogP contribution in [-0.4, -0.2) is 39.4 Å². The van der Waals surface area contributed by atoms with Gasteiger partial charge in [0, 0.05) is 18.3 Å². The quantitative estimate of drug-likeness (QED) is 0.836. The number of ether oxygens (including phenoxy) is 1. The predicted octanol–water partition coefficient (Wildman–Crippen LogP) is 2.11. The Kier molecular flexibility index (Phi) is 3.82. The van der Waals surface area contributed by atoms with E-state index in [9.17, 15) is 22.8 Å². The zero-order valence-electron chi connectivity index (χ0n) is 12.5. The van der Waals surface area contributed by atoms with E-state index in [1.54, 1.807) is 29.1 Å². The van der Waals surface area contributed by atoms with E-state index < -0.39 is 18.1 Å². The maximum absolute atomic E-state index is 12.4. The molecule has 0 aromatic carbocycles. The van der Waals surface area contributed by atoms with Crippen molar-refractivity contribution in [2.24, 2.45) is 0 Å². The number of aromatic nitrogens is 3. The van der Waals surface area contributed by atoms with Gasteiger partial charge in [-0.15, -0.1) is 0 Å². The first kappa shape index (κ1) is 16.1. The minimum absolute atomic E-state index is 0.155. The number of carbonyl (C=O) groups is 2. The Balaban J connectivity index is 1.91. The number of nitrogens with one attached hydrogen (secondary N) is 2. The van der Waals surface area contributed by atoms with Crippen molar-refractivity contribution in [2.45, 2.75) is 26.1 Å². The SMILES string of the molecule is CCOC(=O)c1cc2n(c1)CCc1c(NC(=O)C(F)(F)F)n[nH]c1-2. The van der Waals surface area contributed by atoms with E-state index in [0.717, 1.165) is 0 Å². The smallest absolute Gasteiger partial charge is 0.462 e. The van der Waals surface area contributed by atoms with Gasteiger partial charge in [0.15, 0.2) is 5.82 Å². The monoisotopic (exact) mass is 342 g/mol. The van der Waals surface area contributed by atoms with Crippen LogP contribution in [0.3, 0.4) is 0 Å². The number of rotatable bonds is 3. The first-order valence-corrected chi connectivity index (χ1v) is 7.14. The van der Waals surface area contributed by atoms with E-state index in [-0.39, 0.29) is 12.4 Å². The first-order valence-electron chi connectivity index (χ1n) is 7.14. The van der Waals surface area contributed by atoms with Gasteiger partial charge in [-0.05, 0) is 19.4 Å². The highest BCUT2D eigenvalue weighted by Gasteiger charge is 2.40. The molecule has 7 nitrogen and oxygen atoms in total. The molecule has 0 atom stereocenters. The lowest BCUT2D eigenvalue weighted by Crippen LogP contribution is -2.30. The summed E-state index contributed by atoms with van der Waals surface area (Å²) >= 11 is 0. The van der Waals surface area contributed by atoms with E-state index in [1.807, 2.05) is 0 Å². The van der Waals surface area contributed by atoms with Crippen LogP contribution in [0, 0.1) is 0 Å². The topological polar surface area (TPSA) is 89.0 Å². The molecule has 0 spiro atoms. The van der Waals surface area contributed by atoms with Crippen molar-refractivity contribution in [3.63, 3.8) is 0 Å². The largest absolute Gasteiger partial charge is 0.471 e. The summed E-state index contributed by atoms with van der Waals surface area (Å²) in [5, 5.41) is 8.14. The summed E-state index contributed by atoms with van der Waals surface area (Å²) < 4.78 is 43.8. The zero-order chi connectivity index (χ0) is 17.5. The normalized spacial score (nSPS) is 13.2. The van der Waals surface area contributed by atoms with E-state index in [4.69, 9.17) is 4.74 Å². The molecule has 128 valence electrons. The molecule has 0 aliphatic carbocycles. The molecule has 2 aromatic heterocycles. The molecule has 0 unspecified atom stereocenters. The van der Waals surface area contributed by atoms with Crippen LogP contribution in [0.4, 0.5) is 19.0 Å². The van der Waals surface area contributed by atoms with Crippen LogP contribution in [0.15, 0.2) is 12.3 Å². The molecule has 3 heterocycles. The Bertz CT molecular complexity index is 807. The van der Waals surface area contributed by atoms with Crippen molar-refractivity contribution in [1.29, 1.82) is 0 Å². The first-order chi connectivity index (χ1) is 11.3. The lowest BCUT2D eigenvalue weighted by atomic mass is 10.1. The Morgan fingerprint density at radius 1 is 1.46 bits per heavy atom. The predicted molar refractivity (Wildman–Crippen MR) is 76.4 cm³/mol. The second kappa shape index (κ2) is 5.69. The summed E-state index contributed by atoms with van der Waals surface area (Å²) in [6.07, 6.45) is -3.01. The van der Waals surface area contributed by atoms with Crippen LogP contribution in [-0.2, 0) is 22.5 Å². The van der Waals surface area contributed by atoms with Gasteiger partial charge in [0.05, 0.1) is 23.6 Å². The molecule has 1 aliphatic heterocycles. The lowest BCUT2D eigenvalue weighted by molar-refractivity contribution is -0.167. The molecule has 0 saturated heterocycles. The molecule has 1 aliphatic rings. The van der Waals surface area contributed by atoms with Gasteiger partial charge in [-0.2, -0.15) is 18.3 Å². The summed E-state index contributed by atoms with van der Waals surface area (Å²) in [5.41, 5.74) is 1.87. The summed E-state index contributed by atoms with van der Waals surface area (Å²) in [5.74, 6) is -2.71. The highest BCUT2D eigenvalue weighted by atomic mass is 19.4. The van der Waals surface area contributed by atoms with Gasteiger partial charge in [0.2, 0.25) is 0 Å². The number of hydrogen-bond acceptors (Lipinski definition) is 4. The van der Waals surface area contributed by atoms with Crippen LogP contribution >= 0.6 is 0 Å². The fourth-order valence-electron chi connectivity index (χ4n) is 2.57. The molecule has 0 bridgehead atoms. The van der Waals surface area contributed by atoms with Gasteiger partial charge in [0.1, 0.15) is 0 Å². The van der Waals surface area contributed by atoms with E-state index >= 15 is 0 Å². The van der Waals surface area contributed by atoms with Crippen molar-refractivity contribution in [3.05, 3.63) is 23.4 Å². The van der Waals surface area contributed by atoms with E-state index in [1.165, 1.54) is 0 Å². The fourth-order valence-corrected chi connectivity index (χ4v) is 2.57. The Morgan fingerprint density at radius 2 is 2.21 bits per heavy atom. The maximum Gasteiger partial charge on any atom is 0.471 e. The minimum Gasteiger partial charge on any atom is -0.462 e. The molecule has 2 aromatic rings. The van der Waals surface area contributed by atoms with Crippen molar-refractivity contribution in [2.75, 3.05) is 11.9 Å². The van der Waals surface area contributed by atoms with Crippen LogP contribution in [0.5, 0.6) is 0 Å². The number of esters is 1. The molecule has 0 radical (unpaired) electrons. The zero-order valence-corrected chi connectivity index (χ0v) is 12.5. The van der Waals surface area contributed by atoms with Crippen molar-refractivity contribution >= 4 is 17.7 Å². The number of hydrogen-bond donors (Lipinski definition) is 2. The van der Waals surface area contributed by atoms with Crippen LogP contribution in [0.25, 0.3) is 11.4 Å². The summed E-state index contributed by atoms with van der Waals surface area (Å²) in [7, 11) is 0. The van der Waals surface area contributed by atoms with Gasteiger partial charge in [-0.25, -0.2) is 4.79 Å². The second-order valence-corrected chi connectivity index (χ2v) is 5.16. The molecule has 2 N–H and O–H groups in total. The molecule has 0 saturated carbocycles. The third kappa shape index (κ3) is 2.74. The Hall–Kier alpha value is -2.78. The van der Waals surface area contributed by atoms with Gasteiger partial charge >= 0.3 is 18.1 Å². The fraction of sp³-hybridized carbons (Fsp3) is 0.357. The van der Waals surface area contributed by atoms with Crippen LogP contribution in [0.2, 0.25) is 0 Å². The molecule has 1 amide bonds. The minimum atomic E-state index is -4.99. The Morgan fingerprint density at radius 3 is 2.88 bits per heavy atom. The summed E-state index contributed by atoms with van der Waals surface area (Å²) in [6, 6.07) is 1.57. The van der Waals surface area contributed by atoms with Crippen molar-refractivity contribution in [3.8, 4) is 11.4 Å². The molecule has 0 fully saturated rings. The number of amides is 1. The molecular weight excluding hydrogens is 329 g/mol. The number of alkyl halides is 3. The maximum atomic E-state index is 12.4. The van der Waals surface area contributed by atoms with Gasteiger partial charge < -0.3 is 14.6 Å². The second-order valence-electron chi connectivity index (χ2n) is 5.16. The third-order valence-electron chi connectivity index (χ3n) is 3.62. The number of aromatic amines is 1.